The summed E-state index contributed by atoms with van der Waals surface area (Å²) in [5, 5.41) is 5.39. The zero-order chi connectivity index (χ0) is 22.3. The molecule has 0 saturated carbocycles. The van der Waals surface area contributed by atoms with E-state index in [1.54, 1.807) is 24.3 Å². The summed E-state index contributed by atoms with van der Waals surface area (Å²) in [4.78, 5) is 24.6. The van der Waals surface area contributed by atoms with Crippen molar-refractivity contribution in [3.8, 4) is 0 Å². The summed E-state index contributed by atoms with van der Waals surface area (Å²) in [6, 6.07) is 21.5. The van der Waals surface area contributed by atoms with Gasteiger partial charge in [0, 0.05) is 29.9 Å². The maximum atomic E-state index is 12.7. The van der Waals surface area contributed by atoms with Crippen LogP contribution in [0, 0.1) is 0 Å². The summed E-state index contributed by atoms with van der Waals surface area (Å²) in [7, 11) is -3.79. The lowest BCUT2D eigenvalue weighted by Crippen LogP contribution is -2.24. The summed E-state index contributed by atoms with van der Waals surface area (Å²) in [6.45, 7) is 2.46. The molecule has 3 aromatic rings. The maximum Gasteiger partial charge on any atom is 0.255 e. The lowest BCUT2D eigenvalue weighted by molar-refractivity contribution is 0.0954. The number of hydrogen-bond donors (Lipinski definition) is 3. The van der Waals surface area contributed by atoms with Gasteiger partial charge in [0.15, 0.2) is 0 Å². The fourth-order valence-corrected chi connectivity index (χ4v) is 3.93. The molecule has 0 unspecified atom stereocenters. The Balaban J connectivity index is 1.73. The molecule has 3 rings (SSSR count). The number of carbonyl (C=O) groups excluding carboxylic acids is 2. The van der Waals surface area contributed by atoms with Crippen LogP contribution in [0.1, 0.15) is 33.2 Å². The van der Waals surface area contributed by atoms with Crippen molar-refractivity contribution in [3.05, 3.63) is 95.6 Å². The molecule has 160 valence electrons. The Bertz CT molecular complexity index is 1180. The van der Waals surface area contributed by atoms with E-state index in [0.29, 0.717) is 17.8 Å². The average Bonchev–Trinajstić information content (AvgIpc) is 2.79. The molecule has 0 bridgehead atoms. The molecule has 0 spiro atoms. The molecule has 0 atom stereocenters. The summed E-state index contributed by atoms with van der Waals surface area (Å²) in [6.07, 6.45) is 0. The fourth-order valence-electron chi connectivity index (χ4n) is 2.87. The van der Waals surface area contributed by atoms with Gasteiger partial charge in [-0.05, 0) is 48.9 Å². The molecule has 0 aliphatic rings. The van der Waals surface area contributed by atoms with Gasteiger partial charge in [-0.25, -0.2) is 13.1 Å². The quantitative estimate of drug-likeness (QED) is 0.503. The molecule has 3 aromatic carbocycles. The first-order valence-corrected chi connectivity index (χ1v) is 11.2. The Hall–Kier alpha value is -3.49. The second kappa shape index (κ2) is 10.0. The van der Waals surface area contributed by atoms with Crippen LogP contribution >= 0.6 is 0 Å². The minimum Gasteiger partial charge on any atom is -0.352 e. The minimum absolute atomic E-state index is 0.00726. The van der Waals surface area contributed by atoms with E-state index in [1.807, 2.05) is 37.3 Å². The Kier molecular flexibility index (Phi) is 7.17. The molecule has 0 fully saturated rings. The highest BCUT2D eigenvalue weighted by atomic mass is 32.2. The summed E-state index contributed by atoms with van der Waals surface area (Å²) in [5.74, 6) is -0.718. The smallest absolute Gasteiger partial charge is 0.255 e. The van der Waals surface area contributed by atoms with Crippen molar-refractivity contribution >= 4 is 27.5 Å². The van der Waals surface area contributed by atoms with Gasteiger partial charge in [0.1, 0.15) is 0 Å². The van der Waals surface area contributed by atoms with Gasteiger partial charge in [0.05, 0.1) is 4.90 Å². The predicted molar refractivity (Wildman–Crippen MR) is 119 cm³/mol. The van der Waals surface area contributed by atoms with Gasteiger partial charge < -0.3 is 10.6 Å². The summed E-state index contributed by atoms with van der Waals surface area (Å²) in [5.41, 5.74) is 1.86. The number of carbonyl (C=O) groups is 2. The van der Waals surface area contributed by atoms with E-state index in [1.165, 1.54) is 24.3 Å². The van der Waals surface area contributed by atoms with Crippen LogP contribution < -0.4 is 15.4 Å². The van der Waals surface area contributed by atoms with Gasteiger partial charge in [-0.3, -0.25) is 9.59 Å². The third-order valence-corrected chi connectivity index (χ3v) is 5.83. The molecule has 0 aliphatic carbocycles. The van der Waals surface area contributed by atoms with E-state index in [2.05, 4.69) is 15.4 Å². The highest BCUT2D eigenvalue weighted by Gasteiger charge is 2.16. The molecule has 31 heavy (non-hydrogen) atoms. The topological polar surface area (TPSA) is 104 Å². The van der Waals surface area contributed by atoms with Crippen LogP contribution in [0.5, 0.6) is 0 Å². The normalized spacial score (nSPS) is 11.0. The Labute approximate surface area is 181 Å². The van der Waals surface area contributed by atoms with Crippen molar-refractivity contribution in [1.82, 2.24) is 10.0 Å². The number of amides is 2. The van der Waals surface area contributed by atoms with E-state index in [4.69, 9.17) is 0 Å². The molecule has 8 heteroatoms. The zero-order valence-electron chi connectivity index (χ0n) is 17.0. The van der Waals surface area contributed by atoms with Gasteiger partial charge in [-0.1, -0.05) is 42.5 Å². The monoisotopic (exact) mass is 437 g/mol. The van der Waals surface area contributed by atoms with Gasteiger partial charge in [0.2, 0.25) is 10.0 Å². The third-order valence-electron chi connectivity index (χ3n) is 4.44. The van der Waals surface area contributed by atoms with Crippen LogP contribution in [0.25, 0.3) is 0 Å². The van der Waals surface area contributed by atoms with Crippen LogP contribution in [0.2, 0.25) is 0 Å². The lowest BCUT2D eigenvalue weighted by Gasteiger charge is -2.10. The predicted octanol–water partition coefficient (Wildman–Crippen LogP) is 3.17. The molecule has 0 heterocycles. The van der Waals surface area contributed by atoms with Crippen LogP contribution in [0.4, 0.5) is 5.69 Å². The molecule has 3 N–H and O–H groups in total. The van der Waals surface area contributed by atoms with E-state index in [0.717, 1.165) is 5.56 Å². The minimum atomic E-state index is -3.79. The highest BCUT2D eigenvalue weighted by Crippen LogP contribution is 2.16. The molecule has 0 radical (unpaired) electrons. The standard InChI is InChI=1S/C23H23N3O4S/c1-2-24-22(27)18-10-6-12-20(14-18)26-23(28)19-11-7-13-21(15-19)31(29,30)25-16-17-8-4-3-5-9-17/h3-15,25H,2,16H2,1H3,(H,24,27)(H,26,28). The fraction of sp³-hybridized carbons (Fsp3) is 0.130. The van der Waals surface area contributed by atoms with Gasteiger partial charge in [-0.2, -0.15) is 0 Å². The second-order valence-electron chi connectivity index (χ2n) is 6.73. The largest absolute Gasteiger partial charge is 0.352 e. The van der Waals surface area contributed by atoms with E-state index < -0.39 is 15.9 Å². The average molecular weight is 438 g/mol. The van der Waals surface area contributed by atoms with Crippen molar-refractivity contribution in [3.63, 3.8) is 0 Å². The Morgan fingerprint density at radius 1 is 0.806 bits per heavy atom. The molecule has 0 aromatic heterocycles. The first-order chi connectivity index (χ1) is 14.9. The number of anilines is 1. The highest BCUT2D eigenvalue weighted by molar-refractivity contribution is 7.89. The van der Waals surface area contributed by atoms with Gasteiger partial charge in [-0.15, -0.1) is 0 Å². The van der Waals surface area contributed by atoms with Crippen molar-refractivity contribution in [1.29, 1.82) is 0 Å². The van der Waals surface area contributed by atoms with Crippen molar-refractivity contribution in [2.24, 2.45) is 0 Å². The molecular weight excluding hydrogens is 414 g/mol. The van der Waals surface area contributed by atoms with Crippen LogP contribution in [0.15, 0.2) is 83.8 Å². The Morgan fingerprint density at radius 3 is 2.19 bits per heavy atom. The van der Waals surface area contributed by atoms with Crippen LogP contribution in [0.3, 0.4) is 0 Å². The Morgan fingerprint density at radius 2 is 1.48 bits per heavy atom. The molecule has 0 aliphatic heterocycles. The van der Waals surface area contributed by atoms with E-state index in [-0.39, 0.29) is 22.9 Å². The first kappa shape index (κ1) is 22.2. The zero-order valence-corrected chi connectivity index (χ0v) is 17.8. The van der Waals surface area contributed by atoms with Crippen LogP contribution in [-0.2, 0) is 16.6 Å². The molecular formula is C23H23N3O4S. The third kappa shape index (κ3) is 6.00. The lowest BCUT2D eigenvalue weighted by atomic mass is 10.1. The SMILES string of the molecule is CCNC(=O)c1cccc(NC(=O)c2cccc(S(=O)(=O)NCc3ccccc3)c2)c1. The second-order valence-corrected chi connectivity index (χ2v) is 8.50. The maximum absolute atomic E-state index is 12.7. The number of rotatable bonds is 8. The van der Waals surface area contributed by atoms with Crippen molar-refractivity contribution < 1.29 is 18.0 Å². The summed E-state index contributed by atoms with van der Waals surface area (Å²) >= 11 is 0. The van der Waals surface area contributed by atoms with Crippen LogP contribution in [-0.4, -0.2) is 26.8 Å². The summed E-state index contributed by atoms with van der Waals surface area (Å²) < 4.78 is 27.8. The number of nitrogens with one attached hydrogen (secondary N) is 3. The van der Waals surface area contributed by atoms with E-state index in [9.17, 15) is 18.0 Å². The number of benzene rings is 3. The number of sulfonamides is 1. The molecule has 0 saturated heterocycles. The van der Waals surface area contributed by atoms with Crippen molar-refractivity contribution in [2.75, 3.05) is 11.9 Å². The number of hydrogen-bond acceptors (Lipinski definition) is 4. The van der Waals surface area contributed by atoms with Gasteiger partial charge in [0.25, 0.3) is 11.8 Å². The van der Waals surface area contributed by atoms with E-state index >= 15 is 0 Å². The molecule has 7 nitrogen and oxygen atoms in total. The van der Waals surface area contributed by atoms with Gasteiger partial charge >= 0.3 is 0 Å². The first-order valence-electron chi connectivity index (χ1n) is 9.72. The molecule has 2 amide bonds. The van der Waals surface area contributed by atoms with Crippen molar-refractivity contribution in [2.45, 2.75) is 18.4 Å².